The van der Waals surface area contributed by atoms with E-state index in [-0.39, 0.29) is 83.2 Å². The molecule has 350 valence electrons. The summed E-state index contributed by atoms with van der Waals surface area (Å²) in [5, 5.41) is 19.8. The van der Waals surface area contributed by atoms with E-state index in [2.05, 4.69) is 21.3 Å². The molecule has 5 amide bonds. The maximum atomic E-state index is 14.6. The van der Waals surface area contributed by atoms with Crippen LogP contribution in [-0.2, 0) is 25.6 Å². The Morgan fingerprint density at radius 2 is 1.57 bits per heavy atom. The quantitative estimate of drug-likeness (QED) is 0.0964. The van der Waals surface area contributed by atoms with E-state index in [1.54, 1.807) is 61.5 Å². The van der Waals surface area contributed by atoms with Crippen molar-refractivity contribution in [2.75, 3.05) is 53.0 Å². The number of amides is 5. The van der Waals surface area contributed by atoms with Crippen LogP contribution in [0.5, 0.6) is 17.2 Å². The van der Waals surface area contributed by atoms with Crippen LogP contribution >= 0.6 is 0 Å². The van der Waals surface area contributed by atoms with Gasteiger partial charge >= 0.3 is 0 Å². The predicted octanol–water partition coefficient (Wildman–Crippen LogP) is 2.37. The van der Waals surface area contributed by atoms with Gasteiger partial charge in [0.25, 0.3) is 5.91 Å². The summed E-state index contributed by atoms with van der Waals surface area (Å²) in [6.45, 7) is 3.68. The van der Waals surface area contributed by atoms with Gasteiger partial charge in [-0.15, -0.1) is 0 Å². The topological polar surface area (TPSA) is 266 Å². The van der Waals surface area contributed by atoms with E-state index in [9.17, 15) is 32.8 Å². The lowest BCUT2D eigenvalue weighted by Gasteiger charge is -2.32. The van der Waals surface area contributed by atoms with Crippen LogP contribution in [0.3, 0.4) is 0 Å². The fraction of sp³-hybridized carbons (Fsp3) is 0.478. The van der Waals surface area contributed by atoms with Crippen LogP contribution in [-0.4, -0.2) is 112 Å². The minimum atomic E-state index is -2.64. The van der Waals surface area contributed by atoms with Crippen molar-refractivity contribution in [1.82, 2.24) is 26.2 Å². The van der Waals surface area contributed by atoms with Crippen LogP contribution in [0.4, 0.5) is 8.78 Å². The largest absolute Gasteiger partial charge is 0.493 e. The second kappa shape index (κ2) is 23.0. The van der Waals surface area contributed by atoms with Crippen molar-refractivity contribution in [3.05, 3.63) is 76.9 Å². The summed E-state index contributed by atoms with van der Waals surface area (Å²) in [6.07, 6.45) is 0.338. The van der Waals surface area contributed by atoms with Gasteiger partial charge in [-0.1, -0.05) is 12.1 Å². The number of hydrogen-bond donors (Lipinski definition) is 7. The van der Waals surface area contributed by atoms with Crippen molar-refractivity contribution < 1.29 is 47.0 Å². The third-order valence-corrected chi connectivity index (χ3v) is 11.4. The van der Waals surface area contributed by atoms with Crippen molar-refractivity contribution >= 4 is 29.5 Å². The SMILES string of the molecule is Cc1cc(OCC2CCC(F)(F)CC2)ccc1C(=O)N[C@@H](CCN)C(=O)N(C)[C@@H]1C(=O)N[C@@H](C)C(=O)N[C@H](C(=O)NCC#N)Cc2ccc(OCCN)c(c2)-c2cc1ccc2OCCN. The Morgan fingerprint density at radius 3 is 2.20 bits per heavy atom. The fourth-order valence-corrected chi connectivity index (χ4v) is 7.83. The zero-order valence-electron chi connectivity index (χ0n) is 36.9. The first-order valence-corrected chi connectivity index (χ1v) is 21.7. The first-order chi connectivity index (χ1) is 31.1. The van der Waals surface area contributed by atoms with Gasteiger partial charge in [-0.05, 0) is 105 Å². The van der Waals surface area contributed by atoms with Crippen LogP contribution in [0, 0.1) is 24.2 Å². The van der Waals surface area contributed by atoms with E-state index < -0.39 is 59.6 Å². The number of benzene rings is 3. The molecule has 0 aromatic heterocycles. The zero-order valence-corrected chi connectivity index (χ0v) is 36.9. The first-order valence-electron chi connectivity index (χ1n) is 21.7. The summed E-state index contributed by atoms with van der Waals surface area (Å²) < 4.78 is 45.4. The molecule has 1 saturated carbocycles. The van der Waals surface area contributed by atoms with Crippen molar-refractivity contribution in [1.29, 1.82) is 5.26 Å². The summed E-state index contributed by atoms with van der Waals surface area (Å²) in [5.74, 6) is -4.83. The minimum absolute atomic E-state index is 0.00970. The minimum Gasteiger partial charge on any atom is -0.493 e. The molecule has 0 saturated heterocycles. The van der Waals surface area contributed by atoms with Gasteiger partial charge in [0.15, 0.2) is 0 Å². The van der Waals surface area contributed by atoms with Crippen LogP contribution < -0.4 is 52.7 Å². The Labute approximate surface area is 377 Å². The molecule has 17 nitrogen and oxygen atoms in total. The number of likely N-dealkylation sites (N-methyl/N-ethyl adjacent to an activating group) is 1. The highest BCUT2D eigenvalue weighted by Gasteiger charge is 2.37. The molecule has 4 bridgehead atoms. The van der Waals surface area contributed by atoms with E-state index in [4.69, 9.17) is 36.7 Å². The van der Waals surface area contributed by atoms with E-state index in [0.717, 1.165) is 4.90 Å². The fourth-order valence-electron chi connectivity index (χ4n) is 7.83. The molecule has 1 heterocycles. The molecule has 0 unspecified atom stereocenters. The van der Waals surface area contributed by atoms with Gasteiger partial charge in [0.2, 0.25) is 29.6 Å². The molecule has 4 atom stereocenters. The van der Waals surface area contributed by atoms with Gasteiger partial charge in [0.05, 0.1) is 12.7 Å². The van der Waals surface area contributed by atoms with Gasteiger partial charge in [0, 0.05) is 56.1 Å². The number of halogens is 2. The third kappa shape index (κ3) is 13.1. The molecule has 1 aliphatic heterocycles. The van der Waals surface area contributed by atoms with Gasteiger partial charge in [-0.2, -0.15) is 5.26 Å². The third-order valence-electron chi connectivity index (χ3n) is 11.4. The van der Waals surface area contributed by atoms with E-state index >= 15 is 0 Å². The number of alkyl halides is 2. The highest BCUT2D eigenvalue weighted by atomic mass is 19.3. The van der Waals surface area contributed by atoms with Crippen molar-refractivity contribution in [2.45, 2.75) is 82.5 Å². The van der Waals surface area contributed by atoms with Gasteiger partial charge in [0.1, 0.15) is 61.2 Å². The Morgan fingerprint density at radius 1 is 0.908 bits per heavy atom. The molecule has 1 fully saturated rings. The highest BCUT2D eigenvalue weighted by molar-refractivity contribution is 6.00. The smallest absolute Gasteiger partial charge is 0.252 e. The second-order valence-electron chi connectivity index (χ2n) is 16.3. The number of rotatable bonds is 17. The molecule has 0 spiro atoms. The summed E-state index contributed by atoms with van der Waals surface area (Å²) in [7, 11) is 1.39. The lowest BCUT2D eigenvalue weighted by Crippen LogP contribution is -2.56. The van der Waals surface area contributed by atoms with E-state index in [0.29, 0.717) is 57.9 Å². The molecular weight excluding hydrogens is 845 g/mol. The van der Waals surface area contributed by atoms with Gasteiger partial charge in [-0.3, -0.25) is 24.0 Å². The average Bonchev–Trinajstić information content (AvgIpc) is 3.28. The number of carbonyl (C=O) groups excluding carboxylic acids is 5. The Balaban J connectivity index is 1.50. The number of nitrogens with one attached hydrogen (secondary N) is 4. The van der Waals surface area contributed by atoms with E-state index in [1.807, 2.05) is 6.07 Å². The molecular formula is C46H59F2N9O8. The standard InChI is InChI=1S/C46H59F2N9O8/c1-27-22-32(65-26-29-10-13-46(47,48)14-11-29)6-7-33(27)42(59)55-36(12-15-49)45(62)57(3)40-31-5-9-39(64-21-18-52)35(25-31)34-23-30(4-8-38(34)63-20-17-51)24-37(43(60)53-19-16-50)56-41(58)28(2)54-44(40)61/h4-9,22-23,25,28-29,36-37,40H,10-15,17-21,24,26,49,51-52H2,1-3H3,(H,53,60)(H,54,61)(H,55,59)(H,56,58)/t28-,36-,37-,40-/m0/s1. The molecule has 5 rings (SSSR count). The Hall–Kier alpha value is -6.36. The van der Waals surface area contributed by atoms with Crippen LogP contribution in [0.15, 0.2) is 54.6 Å². The lowest BCUT2D eigenvalue weighted by molar-refractivity contribution is -0.141. The Kier molecular flexibility index (Phi) is 17.6. The number of aryl methyl sites for hydroxylation is 1. The number of fused-ring (bicyclic) bond motifs is 5. The summed E-state index contributed by atoms with van der Waals surface area (Å²) in [6, 6.07) is 11.7. The van der Waals surface area contributed by atoms with Crippen LogP contribution in [0.2, 0.25) is 0 Å². The maximum absolute atomic E-state index is 14.6. The average molecular weight is 904 g/mol. The molecule has 3 aromatic carbocycles. The molecule has 10 N–H and O–H groups in total. The highest BCUT2D eigenvalue weighted by Crippen LogP contribution is 2.40. The molecule has 1 aliphatic carbocycles. The van der Waals surface area contributed by atoms with Gasteiger partial charge < -0.3 is 57.6 Å². The lowest BCUT2D eigenvalue weighted by atomic mass is 9.87. The molecule has 0 radical (unpaired) electrons. The van der Waals surface area contributed by atoms with Crippen LogP contribution in [0.1, 0.15) is 72.1 Å². The number of nitrogens with two attached hydrogens (primary N) is 3. The van der Waals surface area contributed by atoms with E-state index in [1.165, 1.54) is 14.0 Å². The number of carbonyl (C=O) groups is 5. The van der Waals surface area contributed by atoms with Crippen molar-refractivity contribution in [3.63, 3.8) is 0 Å². The Bertz CT molecular complexity index is 2230. The molecule has 2 aliphatic rings. The van der Waals surface area contributed by atoms with Crippen molar-refractivity contribution in [2.24, 2.45) is 23.1 Å². The van der Waals surface area contributed by atoms with Crippen molar-refractivity contribution in [3.8, 4) is 34.4 Å². The first kappa shape index (κ1) is 49.7. The second-order valence-corrected chi connectivity index (χ2v) is 16.3. The zero-order chi connectivity index (χ0) is 47.3. The predicted molar refractivity (Wildman–Crippen MR) is 237 cm³/mol. The molecule has 19 heteroatoms. The number of nitriles is 1. The van der Waals surface area contributed by atoms with Crippen LogP contribution in [0.25, 0.3) is 11.1 Å². The molecule has 65 heavy (non-hydrogen) atoms. The summed E-state index contributed by atoms with van der Waals surface area (Å²) >= 11 is 0. The summed E-state index contributed by atoms with van der Waals surface area (Å²) in [5.41, 5.74) is 20.2. The maximum Gasteiger partial charge on any atom is 0.252 e. The summed E-state index contributed by atoms with van der Waals surface area (Å²) in [4.78, 5) is 71.1. The molecule has 3 aromatic rings. The number of ether oxygens (including phenoxy) is 3. The number of nitrogens with zero attached hydrogens (tertiary/aromatic N) is 2. The normalized spacial score (nSPS) is 19.0. The number of hydrogen-bond acceptors (Lipinski definition) is 12. The van der Waals surface area contributed by atoms with Gasteiger partial charge in [-0.25, -0.2) is 8.78 Å². The monoisotopic (exact) mass is 903 g/mol.